The zero-order valence-electron chi connectivity index (χ0n) is 12.3. The number of hydrogen-bond donors (Lipinski definition) is 2. The molecule has 0 radical (unpaired) electrons. The van der Waals surface area contributed by atoms with Gasteiger partial charge in [-0.2, -0.15) is 0 Å². The van der Waals surface area contributed by atoms with Crippen molar-refractivity contribution in [1.29, 1.82) is 0 Å². The van der Waals surface area contributed by atoms with E-state index in [-0.39, 0.29) is 11.6 Å². The highest BCUT2D eigenvalue weighted by Gasteiger charge is 2.38. The minimum Gasteiger partial charge on any atom is -0.398 e. The van der Waals surface area contributed by atoms with Gasteiger partial charge in [0.2, 0.25) is 0 Å². The van der Waals surface area contributed by atoms with Crippen LogP contribution in [-0.2, 0) is 0 Å². The summed E-state index contributed by atoms with van der Waals surface area (Å²) >= 11 is 0. The van der Waals surface area contributed by atoms with Crippen LogP contribution in [0.4, 0.5) is 5.69 Å². The van der Waals surface area contributed by atoms with Gasteiger partial charge in [0.15, 0.2) is 0 Å². The average Bonchev–Trinajstić information content (AvgIpc) is 2.91. The highest BCUT2D eigenvalue weighted by Crippen LogP contribution is 2.35. The van der Waals surface area contributed by atoms with Crippen molar-refractivity contribution in [3.63, 3.8) is 0 Å². The minimum atomic E-state index is 0.0453. The lowest BCUT2D eigenvalue weighted by Crippen LogP contribution is -2.51. The second kappa shape index (κ2) is 5.88. The van der Waals surface area contributed by atoms with Crippen molar-refractivity contribution >= 4 is 5.69 Å². The molecule has 0 saturated carbocycles. The van der Waals surface area contributed by atoms with Gasteiger partial charge in [-0.15, -0.1) is 0 Å². The molecule has 1 saturated heterocycles. The quantitative estimate of drug-likeness (QED) is 0.854. The minimum absolute atomic E-state index is 0.0453. The molecule has 4 nitrogen and oxygen atoms in total. The molecule has 2 heterocycles. The summed E-state index contributed by atoms with van der Waals surface area (Å²) in [6.07, 6.45) is 6.25. The highest BCUT2D eigenvalue weighted by molar-refractivity contribution is 5.47. The van der Waals surface area contributed by atoms with E-state index in [4.69, 9.17) is 5.73 Å². The number of likely N-dealkylation sites (tertiary alicyclic amines) is 1. The molecule has 0 bridgehead atoms. The maximum Gasteiger partial charge on any atom is 0.0537 e. The molecule has 1 unspecified atom stereocenters. The van der Waals surface area contributed by atoms with Gasteiger partial charge in [-0.05, 0) is 52.4 Å². The number of nitrogens with two attached hydrogens (primary N) is 1. The third-order valence-electron chi connectivity index (χ3n) is 4.23. The third-order valence-corrected chi connectivity index (χ3v) is 4.23. The maximum atomic E-state index is 6.15. The molecule has 0 aromatic carbocycles. The fourth-order valence-corrected chi connectivity index (χ4v) is 3.08. The Morgan fingerprint density at radius 2 is 2.11 bits per heavy atom. The summed E-state index contributed by atoms with van der Waals surface area (Å²) in [5.74, 6) is 0. The second-order valence-corrected chi connectivity index (χ2v) is 5.84. The van der Waals surface area contributed by atoms with Crippen LogP contribution >= 0.6 is 0 Å². The number of nitrogen functional groups attached to an aromatic ring is 1. The van der Waals surface area contributed by atoms with Crippen LogP contribution in [0.2, 0.25) is 0 Å². The van der Waals surface area contributed by atoms with Crippen LogP contribution in [-0.4, -0.2) is 35.1 Å². The lowest BCUT2D eigenvalue weighted by molar-refractivity contribution is 0.108. The Labute approximate surface area is 116 Å². The zero-order chi connectivity index (χ0) is 13.9. The molecule has 19 heavy (non-hydrogen) atoms. The molecule has 1 aliphatic heterocycles. The second-order valence-electron chi connectivity index (χ2n) is 5.84. The van der Waals surface area contributed by atoms with Gasteiger partial charge in [-0.25, -0.2) is 0 Å². The van der Waals surface area contributed by atoms with E-state index in [9.17, 15) is 0 Å². The molecule has 3 N–H and O–H groups in total. The Hall–Kier alpha value is -1.13. The van der Waals surface area contributed by atoms with Gasteiger partial charge in [-0.3, -0.25) is 9.88 Å². The Balaban J connectivity index is 2.31. The van der Waals surface area contributed by atoms with E-state index < -0.39 is 0 Å². The van der Waals surface area contributed by atoms with E-state index in [1.807, 2.05) is 12.3 Å². The number of nitrogens with one attached hydrogen (secondary N) is 1. The van der Waals surface area contributed by atoms with Crippen LogP contribution in [0.25, 0.3) is 0 Å². The summed E-state index contributed by atoms with van der Waals surface area (Å²) in [4.78, 5) is 6.81. The molecule has 1 aromatic heterocycles. The SMILES string of the molecule is CCNC(c1cnccc1N)C(C)(C)N1CCCC1. The summed E-state index contributed by atoms with van der Waals surface area (Å²) in [6, 6.07) is 2.10. The van der Waals surface area contributed by atoms with Crippen molar-refractivity contribution in [2.24, 2.45) is 0 Å². The number of likely N-dealkylation sites (N-methyl/N-ethyl adjacent to an activating group) is 1. The van der Waals surface area contributed by atoms with Crippen molar-refractivity contribution < 1.29 is 0 Å². The number of anilines is 1. The Morgan fingerprint density at radius 1 is 1.42 bits per heavy atom. The fraction of sp³-hybridized carbons (Fsp3) is 0.667. The van der Waals surface area contributed by atoms with E-state index in [0.29, 0.717) is 0 Å². The van der Waals surface area contributed by atoms with Gasteiger partial charge in [0.1, 0.15) is 0 Å². The van der Waals surface area contributed by atoms with Crippen LogP contribution in [0.3, 0.4) is 0 Å². The predicted molar refractivity (Wildman–Crippen MR) is 80.0 cm³/mol. The molecular weight excluding hydrogens is 236 g/mol. The molecule has 0 spiro atoms. The largest absolute Gasteiger partial charge is 0.398 e. The predicted octanol–water partition coefficient (Wildman–Crippen LogP) is 2.19. The summed E-state index contributed by atoms with van der Waals surface area (Å²) in [6.45, 7) is 10.0. The first-order valence-electron chi connectivity index (χ1n) is 7.25. The number of aromatic nitrogens is 1. The monoisotopic (exact) mass is 262 g/mol. The standard InChI is InChI=1S/C15H26N4/c1-4-18-14(12-11-17-8-7-13(12)16)15(2,3)19-9-5-6-10-19/h7-8,11,14,18H,4-6,9-10H2,1-3H3,(H2,16,17). The van der Waals surface area contributed by atoms with Crippen LogP contribution in [0.1, 0.15) is 45.2 Å². The number of rotatable bonds is 5. The lowest BCUT2D eigenvalue weighted by atomic mass is 9.87. The van der Waals surface area contributed by atoms with Crippen molar-refractivity contribution in [1.82, 2.24) is 15.2 Å². The van der Waals surface area contributed by atoms with Crippen molar-refractivity contribution in [3.05, 3.63) is 24.0 Å². The van der Waals surface area contributed by atoms with Crippen molar-refractivity contribution in [2.75, 3.05) is 25.4 Å². The van der Waals surface area contributed by atoms with Gasteiger partial charge in [0.05, 0.1) is 6.04 Å². The number of nitrogens with zero attached hydrogens (tertiary/aromatic N) is 2. The number of pyridine rings is 1. The van der Waals surface area contributed by atoms with Crippen LogP contribution < -0.4 is 11.1 Å². The number of hydrogen-bond acceptors (Lipinski definition) is 4. The molecule has 4 heteroatoms. The smallest absolute Gasteiger partial charge is 0.0537 e. The van der Waals surface area contributed by atoms with Gasteiger partial charge >= 0.3 is 0 Å². The topological polar surface area (TPSA) is 54.2 Å². The molecule has 1 fully saturated rings. The van der Waals surface area contributed by atoms with E-state index in [0.717, 1.165) is 17.8 Å². The van der Waals surface area contributed by atoms with Gasteiger partial charge in [-0.1, -0.05) is 6.92 Å². The van der Waals surface area contributed by atoms with E-state index >= 15 is 0 Å². The van der Waals surface area contributed by atoms with Crippen LogP contribution in [0.15, 0.2) is 18.5 Å². The van der Waals surface area contributed by atoms with Crippen LogP contribution in [0.5, 0.6) is 0 Å². The van der Waals surface area contributed by atoms with Crippen molar-refractivity contribution in [3.8, 4) is 0 Å². The Kier molecular flexibility index (Phi) is 4.42. The van der Waals surface area contributed by atoms with Crippen LogP contribution in [0, 0.1) is 0 Å². The molecular formula is C15H26N4. The Morgan fingerprint density at radius 3 is 2.68 bits per heavy atom. The molecule has 1 atom stereocenters. The normalized spacial score (nSPS) is 18.7. The molecule has 1 aliphatic rings. The maximum absolute atomic E-state index is 6.15. The summed E-state index contributed by atoms with van der Waals surface area (Å²) < 4.78 is 0. The lowest BCUT2D eigenvalue weighted by Gasteiger charge is -2.43. The highest BCUT2D eigenvalue weighted by atomic mass is 15.2. The molecule has 106 valence electrons. The average molecular weight is 262 g/mol. The molecule has 0 amide bonds. The first-order valence-corrected chi connectivity index (χ1v) is 7.25. The molecule has 1 aromatic rings. The summed E-state index contributed by atoms with van der Waals surface area (Å²) in [7, 11) is 0. The summed E-state index contributed by atoms with van der Waals surface area (Å²) in [5.41, 5.74) is 8.13. The van der Waals surface area contributed by atoms with Gasteiger partial charge < -0.3 is 11.1 Å². The van der Waals surface area contributed by atoms with E-state index in [1.165, 1.54) is 25.9 Å². The van der Waals surface area contributed by atoms with Gasteiger partial charge in [0.25, 0.3) is 0 Å². The fourth-order valence-electron chi connectivity index (χ4n) is 3.08. The van der Waals surface area contributed by atoms with E-state index in [1.54, 1.807) is 6.20 Å². The first-order chi connectivity index (χ1) is 9.07. The van der Waals surface area contributed by atoms with Crippen molar-refractivity contribution in [2.45, 2.75) is 45.2 Å². The summed E-state index contributed by atoms with van der Waals surface area (Å²) in [5, 5.41) is 3.60. The van der Waals surface area contributed by atoms with Gasteiger partial charge in [0, 0.05) is 29.2 Å². The zero-order valence-corrected chi connectivity index (χ0v) is 12.3. The molecule has 2 rings (SSSR count). The Bertz CT molecular complexity index is 410. The third kappa shape index (κ3) is 2.90. The first kappa shape index (κ1) is 14.3. The molecule has 0 aliphatic carbocycles. The van der Waals surface area contributed by atoms with E-state index in [2.05, 4.69) is 36.0 Å².